The Bertz CT molecular complexity index is 1630. The molecule has 204 valence electrons. The predicted molar refractivity (Wildman–Crippen MR) is 169 cm³/mol. The maximum absolute atomic E-state index is 14.5. The number of ether oxygens (including phenoxy) is 2. The van der Waals surface area contributed by atoms with E-state index in [1.807, 2.05) is 102 Å². The minimum Gasteiger partial charge on any atom is -0.489 e. The molecule has 4 aromatic carbocycles. The van der Waals surface area contributed by atoms with E-state index in [4.69, 9.17) is 9.47 Å². The summed E-state index contributed by atoms with van der Waals surface area (Å²) in [4.78, 5) is 20.8. The maximum atomic E-state index is 14.5. The van der Waals surface area contributed by atoms with Crippen LogP contribution in [0.25, 0.3) is 0 Å². The van der Waals surface area contributed by atoms with Crippen molar-refractivity contribution < 1.29 is 14.3 Å². The highest BCUT2D eigenvalue weighted by molar-refractivity contribution is 14.1. The first-order valence-corrected chi connectivity index (χ1v) is 14.7. The van der Waals surface area contributed by atoms with Crippen molar-refractivity contribution in [2.24, 2.45) is 0 Å². The predicted octanol–water partition coefficient (Wildman–Crippen LogP) is 8.18. The molecule has 41 heavy (non-hydrogen) atoms. The van der Waals surface area contributed by atoms with Crippen LogP contribution in [0.4, 0.5) is 5.69 Å². The third-order valence-corrected chi connectivity index (χ3v) is 7.93. The van der Waals surface area contributed by atoms with E-state index in [-0.39, 0.29) is 11.9 Å². The van der Waals surface area contributed by atoms with Crippen LogP contribution >= 0.6 is 22.6 Å². The minimum atomic E-state index is -0.139. The lowest BCUT2D eigenvalue weighted by molar-refractivity contribution is 0.0968. The monoisotopic (exact) mass is 652 g/mol. The SMILES string of the molecule is O=C(c1ccc(OCc2ccccc2)cc1OCc1ccccc1)N1c2ccc(I)cc2CCC1c1cccnc1. The van der Waals surface area contributed by atoms with Gasteiger partial charge < -0.3 is 14.4 Å². The van der Waals surface area contributed by atoms with Gasteiger partial charge in [0.25, 0.3) is 5.91 Å². The number of rotatable bonds is 8. The lowest BCUT2D eigenvalue weighted by atomic mass is 9.91. The average molecular weight is 653 g/mol. The Morgan fingerprint density at radius 3 is 2.27 bits per heavy atom. The number of benzene rings is 4. The van der Waals surface area contributed by atoms with Crippen molar-refractivity contribution in [2.45, 2.75) is 32.1 Å². The zero-order valence-electron chi connectivity index (χ0n) is 22.4. The number of pyridine rings is 1. The fourth-order valence-electron chi connectivity index (χ4n) is 5.21. The number of amides is 1. The summed E-state index contributed by atoms with van der Waals surface area (Å²) in [7, 11) is 0. The molecule has 1 aliphatic rings. The van der Waals surface area contributed by atoms with Gasteiger partial charge in [-0.2, -0.15) is 0 Å². The van der Waals surface area contributed by atoms with Gasteiger partial charge in [-0.15, -0.1) is 0 Å². The van der Waals surface area contributed by atoms with Gasteiger partial charge in [-0.3, -0.25) is 9.78 Å². The molecular formula is C35H29IN2O3. The summed E-state index contributed by atoms with van der Waals surface area (Å²) < 4.78 is 13.6. The Morgan fingerprint density at radius 1 is 0.829 bits per heavy atom. The van der Waals surface area contributed by atoms with Gasteiger partial charge in [0, 0.05) is 27.7 Å². The number of hydrogen-bond acceptors (Lipinski definition) is 4. The number of carbonyl (C=O) groups is 1. The van der Waals surface area contributed by atoms with Crippen LogP contribution in [-0.4, -0.2) is 10.9 Å². The Hall–Kier alpha value is -4.17. The molecule has 6 heteroatoms. The summed E-state index contributed by atoms with van der Waals surface area (Å²) >= 11 is 2.33. The second kappa shape index (κ2) is 12.6. The van der Waals surface area contributed by atoms with Gasteiger partial charge in [-0.25, -0.2) is 0 Å². The lowest BCUT2D eigenvalue weighted by Gasteiger charge is -2.38. The van der Waals surface area contributed by atoms with Crippen LogP contribution in [0.2, 0.25) is 0 Å². The molecule has 0 spiro atoms. The molecule has 5 nitrogen and oxygen atoms in total. The van der Waals surface area contributed by atoms with E-state index in [2.05, 4.69) is 45.8 Å². The summed E-state index contributed by atoms with van der Waals surface area (Å²) in [5.74, 6) is 1.02. The van der Waals surface area contributed by atoms with Gasteiger partial charge in [0.05, 0.1) is 11.6 Å². The van der Waals surface area contributed by atoms with Crippen LogP contribution in [0.5, 0.6) is 11.5 Å². The molecule has 1 amide bonds. The molecule has 1 unspecified atom stereocenters. The molecule has 0 radical (unpaired) electrons. The van der Waals surface area contributed by atoms with Crippen LogP contribution in [0.1, 0.15) is 45.1 Å². The smallest absolute Gasteiger partial charge is 0.262 e. The first-order valence-electron chi connectivity index (χ1n) is 13.6. The van der Waals surface area contributed by atoms with Gasteiger partial charge >= 0.3 is 0 Å². The van der Waals surface area contributed by atoms with E-state index in [1.54, 1.807) is 6.20 Å². The molecule has 0 aliphatic carbocycles. The molecule has 0 bridgehead atoms. The second-order valence-electron chi connectivity index (χ2n) is 10.00. The fraction of sp³-hybridized carbons (Fsp3) is 0.143. The van der Waals surface area contributed by atoms with Crippen molar-refractivity contribution in [3.05, 3.63) is 153 Å². The maximum Gasteiger partial charge on any atom is 0.262 e. The molecular weight excluding hydrogens is 623 g/mol. The average Bonchev–Trinajstić information content (AvgIpc) is 3.03. The number of carbonyl (C=O) groups excluding carboxylic acids is 1. The molecule has 0 N–H and O–H groups in total. The summed E-state index contributed by atoms with van der Waals surface area (Å²) in [6.45, 7) is 0.761. The standard InChI is InChI=1S/C35H29IN2O3/c36-29-14-18-32-27(20-29)13-17-33(28-12-7-19-37-22-28)38(32)35(39)31-16-15-30(40-23-25-8-3-1-4-9-25)21-34(31)41-24-26-10-5-2-6-11-26/h1-12,14-16,18-22,33H,13,17,23-24H2. The molecule has 0 fully saturated rings. The number of nitrogens with zero attached hydrogens (tertiary/aromatic N) is 2. The van der Waals surface area contributed by atoms with Crippen molar-refractivity contribution in [1.82, 2.24) is 4.98 Å². The van der Waals surface area contributed by atoms with Crippen LogP contribution in [0.15, 0.2) is 122 Å². The molecule has 1 atom stereocenters. The van der Waals surface area contributed by atoms with Crippen molar-refractivity contribution in [3.8, 4) is 11.5 Å². The molecule has 5 aromatic rings. The Labute approximate surface area is 253 Å². The Kier molecular flexibility index (Phi) is 8.28. The number of aromatic nitrogens is 1. The number of halogens is 1. The van der Waals surface area contributed by atoms with E-state index in [1.165, 1.54) is 5.56 Å². The van der Waals surface area contributed by atoms with Crippen LogP contribution < -0.4 is 14.4 Å². The largest absolute Gasteiger partial charge is 0.489 e. The molecule has 0 saturated carbocycles. The number of hydrogen-bond donors (Lipinski definition) is 0. The number of fused-ring (bicyclic) bond motifs is 1. The molecule has 1 aliphatic heterocycles. The van der Waals surface area contributed by atoms with E-state index in [9.17, 15) is 4.79 Å². The van der Waals surface area contributed by atoms with E-state index in [0.29, 0.717) is 30.3 Å². The van der Waals surface area contributed by atoms with E-state index in [0.717, 1.165) is 38.8 Å². The minimum absolute atomic E-state index is 0.112. The normalized spacial score (nSPS) is 14.3. The highest BCUT2D eigenvalue weighted by Gasteiger charge is 2.34. The van der Waals surface area contributed by atoms with Crippen LogP contribution in [-0.2, 0) is 19.6 Å². The van der Waals surface area contributed by atoms with Gasteiger partial charge in [-0.1, -0.05) is 66.7 Å². The van der Waals surface area contributed by atoms with Crippen molar-refractivity contribution in [1.29, 1.82) is 0 Å². The van der Waals surface area contributed by atoms with Gasteiger partial charge in [-0.05, 0) is 94.1 Å². The van der Waals surface area contributed by atoms with Gasteiger partial charge in [0.15, 0.2) is 0 Å². The third kappa shape index (κ3) is 6.28. The molecule has 1 aromatic heterocycles. The topological polar surface area (TPSA) is 51.7 Å². The Balaban J connectivity index is 1.37. The second-order valence-corrected chi connectivity index (χ2v) is 11.2. The summed E-state index contributed by atoms with van der Waals surface area (Å²) in [5.41, 5.74) is 5.69. The zero-order chi connectivity index (χ0) is 28.0. The van der Waals surface area contributed by atoms with E-state index >= 15 is 0 Å². The molecule has 6 rings (SSSR count). The van der Waals surface area contributed by atoms with Crippen LogP contribution in [0, 0.1) is 3.57 Å². The van der Waals surface area contributed by atoms with Crippen molar-refractivity contribution in [2.75, 3.05) is 4.90 Å². The highest BCUT2D eigenvalue weighted by Crippen LogP contribution is 2.41. The van der Waals surface area contributed by atoms with Crippen molar-refractivity contribution >= 4 is 34.2 Å². The first-order chi connectivity index (χ1) is 20.2. The fourth-order valence-corrected chi connectivity index (χ4v) is 5.77. The lowest BCUT2D eigenvalue weighted by Crippen LogP contribution is -2.38. The third-order valence-electron chi connectivity index (χ3n) is 7.26. The molecule has 2 heterocycles. The summed E-state index contributed by atoms with van der Waals surface area (Å²) in [6, 6.07) is 35.6. The summed E-state index contributed by atoms with van der Waals surface area (Å²) in [5, 5.41) is 0. The van der Waals surface area contributed by atoms with Gasteiger partial charge in [0.2, 0.25) is 0 Å². The number of anilines is 1. The summed E-state index contributed by atoms with van der Waals surface area (Å²) in [6.07, 6.45) is 5.32. The van der Waals surface area contributed by atoms with E-state index < -0.39 is 0 Å². The zero-order valence-corrected chi connectivity index (χ0v) is 24.6. The van der Waals surface area contributed by atoms with Gasteiger partial charge in [0.1, 0.15) is 24.7 Å². The van der Waals surface area contributed by atoms with Crippen LogP contribution in [0.3, 0.4) is 0 Å². The number of aryl methyl sites for hydroxylation is 1. The van der Waals surface area contributed by atoms with Crippen molar-refractivity contribution in [3.63, 3.8) is 0 Å². The Morgan fingerprint density at radius 2 is 1.56 bits per heavy atom. The quantitative estimate of drug-likeness (QED) is 0.159. The highest BCUT2D eigenvalue weighted by atomic mass is 127. The first kappa shape index (κ1) is 27.0. The molecule has 0 saturated heterocycles.